The van der Waals surface area contributed by atoms with E-state index in [0.717, 1.165) is 10.6 Å². The Labute approximate surface area is 151 Å². The number of hydrogen-bond donors (Lipinski definition) is 1. The van der Waals surface area contributed by atoms with Gasteiger partial charge in [-0.3, -0.25) is 9.36 Å². The second-order valence-electron chi connectivity index (χ2n) is 5.49. The molecule has 0 bridgehead atoms. The molecule has 0 atom stereocenters. The number of rotatable bonds is 3. The predicted molar refractivity (Wildman–Crippen MR) is 93.2 cm³/mol. The summed E-state index contributed by atoms with van der Waals surface area (Å²) in [7, 11) is 2.66. The number of para-hydroxylation sites is 1. The number of nitriles is 1. The van der Waals surface area contributed by atoms with E-state index in [1.807, 2.05) is 6.07 Å². The average Bonchev–Trinajstić information content (AvgIpc) is 2.65. The van der Waals surface area contributed by atoms with Gasteiger partial charge in [0.25, 0.3) is 5.56 Å². The SMILES string of the molecule is CNc1c(C#N)c(=O)n(-c2ccccc2)c2nc(C(F)(F)F)cc(OC)c12. The highest BCUT2D eigenvalue weighted by molar-refractivity contribution is 5.98. The summed E-state index contributed by atoms with van der Waals surface area (Å²) in [6.45, 7) is 0. The van der Waals surface area contributed by atoms with Crippen LogP contribution in [0.3, 0.4) is 0 Å². The molecule has 0 aliphatic rings. The Morgan fingerprint density at radius 1 is 1.26 bits per heavy atom. The Morgan fingerprint density at radius 3 is 2.44 bits per heavy atom. The molecule has 2 aromatic heterocycles. The maximum Gasteiger partial charge on any atom is 0.433 e. The average molecular weight is 374 g/mol. The fourth-order valence-corrected chi connectivity index (χ4v) is 2.82. The van der Waals surface area contributed by atoms with Gasteiger partial charge in [-0.2, -0.15) is 18.4 Å². The fourth-order valence-electron chi connectivity index (χ4n) is 2.82. The molecule has 138 valence electrons. The van der Waals surface area contributed by atoms with E-state index in [-0.39, 0.29) is 33.7 Å². The molecule has 2 heterocycles. The van der Waals surface area contributed by atoms with Crippen LogP contribution in [0.4, 0.5) is 18.9 Å². The lowest BCUT2D eigenvalue weighted by Crippen LogP contribution is -2.25. The van der Waals surface area contributed by atoms with Crippen LogP contribution in [0.5, 0.6) is 5.75 Å². The number of anilines is 1. The molecule has 1 N–H and O–H groups in total. The summed E-state index contributed by atoms with van der Waals surface area (Å²) in [6.07, 6.45) is -4.74. The lowest BCUT2D eigenvalue weighted by atomic mass is 10.1. The van der Waals surface area contributed by atoms with Gasteiger partial charge >= 0.3 is 6.18 Å². The summed E-state index contributed by atoms with van der Waals surface area (Å²) in [4.78, 5) is 16.6. The highest BCUT2D eigenvalue weighted by Gasteiger charge is 2.35. The standard InChI is InChI=1S/C18H13F3N4O2/c1-23-15-11(9-22)17(26)25(10-6-4-3-5-7-10)16-14(15)12(27-2)8-13(24-16)18(19,20)21/h3-8,23H,1-2H3. The van der Waals surface area contributed by atoms with Gasteiger partial charge in [0.05, 0.1) is 23.9 Å². The summed E-state index contributed by atoms with van der Waals surface area (Å²) in [5.41, 5.74) is -2.17. The Kier molecular flexibility index (Phi) is 4.49. The van der Waals surface area contributed by atoms with Crippen LogP contribution in [0, 0.1) is 11.3 Å². The molecule has 6 nitrogen and oxygen atoms in total. The first-order valence-electron chi connectivity index (χ1n) is 7.71. The van der Waals surface area contributed by atoms with Crippen molar-refractivity contribution in [3.8, 4) is 17.5 Å². The van der Waals surface area contributed by atoms with Crippen LogP contribution >= 0.6 is 0 Å². The van der Waals surface area contributed by atoms with Crippen molar-refractivity contribution >= 4 is 16.7 Å². The third kappa shape index (κ3) is 2.95. The Bertz CT molecular complexity index is 1120. The first-order valence-corrected chi connectivity index (χ1v) is 7.71. The topological polar surface area (TPSA) is 79.9 Å². The lowest BCUT2D eigenvalue weighted by molar-refractivity contribution is -0.141. The Balaban J connectivity index is 2.63. The molecule has 27 heavy (non-hydrogen) atoms. The number of hydrogen-bond acceptors (Lipinski definition) is 5. The van der Waals surface area contributed by atoms with Crippen LogP contribution in [-0.2, 0) is 6.18 Å². The van der Waals surface area contributed by atoms with E-state index in [9.17, 15) is 23.2 Å². The second kappa shape index (κ2) is 6.64. The van der Waals surface area contributed by atoms with Crippen LogP contribution in [0.25, 0.3) is 16.7 Å². The zero-order chi connectivity index (χ0) is 19.8. The fraction of sp³-hybridized carbons (Fsp3) is 0.167. The molecular weight excluding hydrogens is 361 g/mol. The first kappa shape index (κ1) is 18.3. The van der Waals surface area contributed by atoms with E-state index in [2.05, 4.69) is 10.3 Å². The van der Waals surface area contributed by atoms with Gasteiger partial charge in [0, 0.05) is 13.1 Å². The number of aromatic nitrogens is 2. The number of nitrogens with one attached hydrogen (secondary N) is 1. The number of alkyl halides is 3. The zero-order valence-corrected chi connectivity index (χ0v) is 14.3. The van der Waals surface area contributed by atoms with Gasteiger partial charge in [-0.1, -0.05) is 18.2 Å². The van der Waals surface area contributed by atoms with Crippen molar-refractivity contribution < 1.29 is 17.9 Å². The summed E-state index contributed by atoms with van der Waals surface area (Å²) in [5.74, 6) is -0.155. The smallest absolute Gasteiger partial charge is 0.433 e. The van der Waals surface area contributed by atoms with Gasteiger partial charge in [-0.15, -0.1) is 0 Å². The quantitative estimate of drug-likeness (QED) is 0.761. The molecule has 0 radical (unpaired) electrons. The molecule has 1 aromatic carbocycles. The minimum atomic E-state index is -4.74. The van der Waals surface area contributed by atoms with Crippen LogP contribution in [-0.4, -0.2) is 23.7 Å². The van der Waals surface area contributed by atoms with Crippen molar-refractivity contribution in [1.82, 2.24) is 9.55 Å². The lowest BCUT2D eigenvalue weighted by Gasteiger charge is -2.18. The van der Waals surface area contributed by atoms with Crippen LogP contribution in [0.1, 0.15) is 11.3 Å². The maximum atomic E-state index is 13.3. The normalized spacial score (nSPS) is 11.3. The monoisotopic (exact) mass is 374 g/mol. The molecule has 0 saturated heterocycles. The molecule has 9 heteroatoms. The number of halogens is 3. The van der Waals surface area contributed by atoms with Crippen molar-refractivity contribution in [1.29, 1.82) is 5.26 Å². The van der Waals surface area contributed by atoms with Crippen LogP contribution in [0.2, 0.25) is 0 Å². The number of fused-ring (bicyclic) bond motifs is 1. The van der Waals surface area contributed by atoms with Crippen molar-refractivity contribution in [3.05, 3.63) is 58.0 Å². The van der Waals surface area contributed by atoms with E-state index in [1.165, 1.54) is 26.3 Å². The molecule has 0 spiro atoms. The number of ether oxygens (including phenoxy) is 1. The molecule has 3 rings (SSSR count). The van der Waals surface area contributed by atoms with Gasteiger partial charge in [-0.25, -0.2) is 4.98 Å². The molecule has 0 unspecified atom stereocenters. The van der Waals surface area contributed by atoms with E-state index in [0.29, 0.717) is 0 Å². The molecule has 3 aromatic rings. The highest BCUT2D eigenvalue weighted by Crippen LogP contribution is 2.38. The van der Waals surface area contributed by atoms with Crippen LogP contribution < -0.4 is 15.6 Å². The molecular formula is C18H13F3N4O2. The molecule has 0 aliphatic heterocycles. The third-order valence-corrected chi connectivity index (χ3v) is 3.98. The van der Waals surface area contributed by atoms with Crippen molar-refractivity contribution in [2.24, 2.45) is 0 Å². The third-order valence-electron chi connectivity index (χ3n) is 3.98. The number of pyridine rings is 2. The molecule has 0 saturated carbocycles. The zero-order valence-electron chi connectivity index (χ0n) is 14.3. The van der Waals surface area contributed by atoms with Crippen molar-refractivity contribution in [2.45, 2.75) is 6.18 Å². The summed E-state index contributed by atoms with van der Waals surface area (Å²) < 4.78 is 46.1. The van der Waals surface area contributed by atoms with Crippen LogP contribution in [0.15, 0.2) is 41.2 Å². The first-order chi connectivity index (χ1) is 12.8. The van der Waals surface area contributed by atoms with E-state index in [4.69, 9.17) is 4.74 Å². The van der Waals surface area contributed by atoms with E-state index in [1.54, 1.807) is 18.2 Å². The number of benzene rings is 1. The summed E-state index contributed by atoms with van der Waals surface area (Å²) in [5, 5.41) is 12.3. The largest absolute Gasteiger partial charge is 0.496 e. The van der Waals surface area contributed by atoms with Crippen molar-refractivity contribution in [3.63, 3.8) is 0 Å². The summed E-state index contributed by atoms with van der Waals surface area (Å²) >= 11 is 0. The van der Waals surface area contributed by atoms with E-state index < -0.39 is 17.4 Å². The highest BCUT2D eigenvalue weighted by atomic mass is 19.4. The number of nitrogens with zero attached hydrogens (tertiary/aromatic N) is 3. The van der Waals surface area contributed by atoms with E-state index >= 15 is 0 Å². The minimum Gasteiger partial charge on any atom is -0.496 e. The van der Waals surface area contributed by atoms with Gasteiger partial charge < -0.3 is 10.1 Å². The van der Waals surface area contributed by atoms with Gasteiger partial charge in [0.2, 0.25) is 0 Å². The second-order valence-corrected chi connectivity index (χ2v) is 5.49. The summed E-state index contributed by atoms with van der Waals surface area (Å²) in [6, 6.07) is 10.6. The predicted octanol–water partition coefficient (Wildman–Crippen LogP) is 3.33. The molecule has 0 aliphatic carbocycles. The maximum absolute atomic E-state index is 13.3. The number of methoxy groups -OCH3 is 1. The molecule has 0 amide bonds. The Morgan fingerprint density at radius 2 is 1.93 bits per heavy atom. The minimum absolute atomic E-state index is 0.0581. The van der Waals surface area contributed by atoms with Gasteiger partial charge in [0.1, 0.15) is 17.4 Å². The van der Waals surface area contributed by atoms with Gasteiger partial charge in [0.15, 0.2) is 11.3 Å². The van der Waals surface area contributed by atoms with Crippen molar-refractivity contribution in [2.75, 3.05) is 19.5 Å². The van der Waals surface area contributed by atoms with Gasteiger partial charge in [-0.05, 0) is 12.1 Å². The Hall–Kier alpha value is -3.54. The molecule has 0 fully saturated rings.